The number of carboxylic acids is 1. The molecule has 5 heteroatoms. The first-order valence-corrected chi connectivity index (χ1v) is 7.78. The fourth-order valence-electron chi connectivity index (χ4n) is 2.09. The van der Waals surface area contributed by atoms with E-state index in [0.29, 0.717) is 6.61 Å². The molecule has 0 radical (unpaired) electrons. The van der Waals surface area contributed by atoms with E-state index in [2.05, 4.69) is 6.92 Å². The Hall–Kier alpha value is -1.16. The highest BCUT2D eigenvalue weighted by molar-refractivity contribution is 6.33. The van der Waals surface area contributed by atoms with E-state index in [1.165, 1.54) is 55.5 Å². The molecule has 1 N–H and O–H groups in total. The van der Waals surface area contributed by atoms with Crippen molar-refractivity contribution < 1.29 is 14.7 Å². The zero-order chi connectivity index (χ0) is 14.8. The van der Waals surface area contributed by atoms with Crippen LogP contribution in [-0.4, -0.2) is 22.4 Å². The van der Waals surface area contributed by atoms with Gasteiger partial charge in [0.2, 0.25) is 0 Å². The first kappa shape index (κ1) is 16.9. The summed E-state index contributed by atoms with van der Waals surface area (Å²) in [5.74, 6) is -1.07. The second kappa shape index (κ2) is 9.70. The van der Waals surface area contributed by atoms with E-state index in [9.17, 15) is 4.79 Å². The minimum Gasteiger partial charge on any atom is -0.476 e. The number of carbonyl (C=O) groups is 1. The van der Waals surface area contributed by atoms with Crippen LogP contribution in [0.15, 0.2) is 12.3 Å². The molecule has 20 heavy (non-hydrogen) atoms. The zero-order valence-corrected chi connectivity index (χ0v) is 12.9. The number of hydrogen-bond acceptors (Lipinski definition) is 2. The molecule has 0 aliphatic heterocycles. The fraction of sp³-hybridized carbons (Fsp3) is 0.667. The van der Waals surface area contributed by atoms with Crippen molar-refractivity contribution in [1.29, 1.82) is 0 Å². The lowest BCUT2D eigenvalue weighted by atomic mass is 10.1. The van der Waals surface area contributed by atoms with Crippen LogP contribution in [0, 0.1) is 0 Å². The van der Waals surface area contributed by atoms with Crippen LogP contribution in [0.25, 0.3) is 0 Å². The molecule has 1 rings (SSSR count). The second-order valence-corrected chi connectivity index (χ2v) is 5.36. The predicted molar refractivity (Wildman–Crippen MR) is 80.5 cm³/mol. The lowest BCUT2D eigenvalue weighted by Gasteiger charge is -2.08. The van der Waals surface area contributed by atoms with Crippen molar-refractivity contribution in [2.45, 2.75) is 58.3 Å². The molecule has 114 valence electrons. The van der Waals surface area contributed by atoms with Gasteiger partial charge in [0.15, 0.2) is 5.69 Å². The number of hydrogen-bond donors (Lipinski definition) is 1. The van der Waals surface area contributed by atoms with Crippen LogP contribution >= 0.6 is 11.6 Å². The van der Waals surface area contributed by atoms with Crippen LogP contribution in [0.4, 0.5) is 0 Å². The van der Waals surface area contributed by atoms with Gasteiger partial charge in [0, 0.05) is 6.20 Å². The van der Waals surface area contributed by atoms with E-state index < -0.39 is 5.97 Å². The van der Waals surface area contributed by atoms with E-state index >= 15 is 0 Å². The van der Waals surface area contributed by atoms with Gasteiger partial charge in [0.05, 0.1) is 5.02 Å². The Bertz CT molecular complexity index is 404. The minimum absolute atomic E-state index is 0.00812. The van der Waals surface area contributed by atoms with Crippen LogP contribution in [0.2, 0.25) is 5.02 Å². The Kier molecular flexibility index (Phi) is 8.19. The van der Waals surface area contributed by atoms with Gasteiger partial charge in [-0.1, -0.05) is 57.0 Å². The highest BCUT2D eigenvalue weighted by Gasteiger charge is 2.15. The fourth-order valence-corrected chi connectivity index (χ4v) is 2.32. The molecule has 0 atom stereocenters. The van der Waals surface area contributed by atoms with Gasteiger partial charge < -0.3 is 9.94 Å². The summed E-state index contributed by atoms with van der Waals surface area (Å²) in [7, 11) is 0. The van der Waals surface area contributed by atoms with Gasteiger partial charge in [0.1, 0.15) is 6.61 Å². The molecular formula is C15H24ClNO3. The molecular weight excluding hydrogens is 278 g/mol. The van der Waals surface area contributed by atoms with E-state index in [0.717, 1.165) is 12.8 Å². The van der Waals surface area contributed by atoms with Crippen LogP contribution in [0.1, 0.15) is 68.8 Å². The number of unbranched alkanes of at least 4 members (excludes halogenated alkanes) is 7. The topological polar surface area (TPSA) is 51.5 Å². The van der Waals surface area contributed by atoms with Gasteiger partial charge in [-0.05, 0) is 18.9 Å². The molecule has 0 fully saturated rings. The van der Waals surface area contributed by atoms with Crippen molar-refractivity contribution in [3.05, 3.63) is 23.0 Å². The Balaban J connectivity index is 2.11. The zero-order valence-electron chi connectivity index (χ0n) is 12.1. The van der Waals surface area contributed by atoms with E-state index in [1.54, 1.807) is 0 Å². The molecule has 1 heterocycles. The van der Waals surface area contributed by atoms with Crippen molar-refractivity contribution in [3.63, 3.8) is 0 Å². The maximum absolute atomic E-state index is 11.0. The Morgan fingerprint density at radius 3 is 2.40 bits per heavy atom. The quantitative estimate of drug-likeness (QED) is 0.616. The minimum atomic E-state index is -1.07. The summed E-state index contributed by atoms with van der Waals surface area (Å²) in [5, 5.41) is 9.20. The molecule has 0 unspecified atom stereocenters. The summed E-state index contributed by atoms with van der Waals surface area (Å²) in [4.78, 5) is 16.4. The number of rotatable bonds is 11. The van der Waals surface area contributed by atoms with Crippen LogP contribution in [0.5, 0.6) is 0 Å². The summed E-state index contributed by atoms with van der Waals surface area (Å²) in [6, 6.07) is 1.53. The number of aromatic nitrogens is 1. The smallest absolute Gasteiger partial charge is 0.357 e. The molecule has 0 bridgehead atoms. The van der Waals surface area contributed by atoms with Crippen LogP contribution < -0.4 is 4.84 Å². The monoisotopic (exact) mass is 301 g/mol. The Labute approximate surface area is 125 Å². The summed E-state index contributed by atoms with van der Waals surface area (Å²) in [5.41, 5.74) is -0.00812. The van der Waals surface area contributed by atoms with Crippen LogP contribution in [0.3, 0.4) is 0 Å². The highest BCUT2D eigenvalue weighted by Crippen LogP contribution is 2.16. The molecule has 0 saturated carbocycles. The van der Waals surface area contributed by atoms with Gasteiger partial charge >= 0.3 is 5.97 Å². The van der Waals surface area contributed by atoms with E-state index in [1.807, 2.05) is 0 Å². The molecule has 1 aromatic heterocycles. The SMILES string of the molecule is CCCCCCCCCCOn1ccc(Cl)c1C(=O)O. The third kappa shape index (κ3) is 5.87. The van der Waals surface area contributed by atoms with E-state index in [4.69, 9.17) is 21.5 Å². The number of carboxylic acid groups (broad SMARTS) is 1. The standard InChI is InChI=1S/C15H24ClNO3/c1-2-3-4-5-6-7-8-9-12-20-17-11-10-13(16)14(17)15(18)19/h10-11H,2-9,12H2,1H3,(H,18,19). The summed E-state index contributed by atoms with van der Waals surface area (Å²) in [6.07, 6.45) is 11.3. The molecule has 0 aromatic carbocycles. The van der Waals surface area contributed by atoms with Gasteiger partial charge in [0.25, 0.3) is 0 Å². The largest absolute Gasteiger partial charge is 0.476 e. The second-order valence-electron chi connectivity index (χ2n) is 4.95. The molecule has 0 saturated heterocycles. The molecule has 0 spiro atoms. The maximum Gasteiger partial charge on any atom is 0.357 e. The third-order valence-corrected chi connectivity index (χ3v) is 3.54. The summed E-state index contributed by atoms with van der Waals surface area (Å²) in [6.45, 7) is 2.73. The number of halogens is 1. The normalized spacial score (nSPS) is 10.7. The first-order chi connectivity index (χ1) is 9.66. The molecule has 0 aliphatic carbocycles. The number of nitrogens with zero attached hydrogens (tertiary/aromatic N) is 1. The molecule has 1 aromatic rings. The maximum atomic E-state index is 11.0. The Morgan fingerprint density at radius 1 is 1.20 bits per heavy atom. The average molecular weight is 302 g/mol. The summed E-state index contributed by atoms with van der Waals surface area (Å²) >= 11 is 5.78. The van der Waals surface area contributed by atoms with Gasteiger partial charge in [-0.2, -0.15) is 4.73 Å². The third-order valence-electron chi connectivity index (χ3n) is 3.23. The lowest BCUT2D eigenvalue weighted by Crippen LogP contribution is -2.17. The molecule has 0 aliphatic rings. The van der Waals surface area contributed by atoms with Crippen LogP contribution in [-0.2, 0) is 0 Å². The van der Waals surface area contributed by atoms with Gasteiger partial charge in [-0.15, -0.1) is 0 Å². The number of aromatic carboxylic acids is 1. The van der Waals surface area contributed by atoms with E-state index in [-0.39, 0.29) is 10.7 Å². The first-order valence-electron chi connectivity index (χ1n) is 7.40. The Morgan fingerprint density at radius 2 is 1.80 bits per heavy atom. The van der Waals surface area contributed by atoms with Gasteiger partial charge in [-0.25, -0.2) is 4.79 Å². The molecule has 4 nitrogen and oxygen atoms in total. The van der Waals surface area contributed by atoms with Crippen molar-refractivity contribution in [2.24, 2.45) is 0 Å². The summed E-state index contributed by atoms with van der Waals surface area (Å²) < 4.78 is 1.24. The highest BCUT2D eigenvalue weighted by atomic mass is 35.5. The molecule has 0 amide bonds. The van der Waals surface area contributed by atoms with Crippen molar-refractivity contribution >= 4 is 17.6 Å². The predicted octanol–water partition coefficient (Wildman–Crippen LogP) is 4.41. The van der Waals surface area contributed by atoms with Crippen molar-refractivity contribution in [1.82, 2.24) is 4.73 Å². The lowest BCUT2D eigenvalue weighted by molar-refractivity contribution is 0.0589. The average Bonchev–Trinajstić information content (AvgIpc) is 2.78. The van der Waals surface area contributed by atoms with Gasteiger partial charge in [-0.3, -0.25) is 0 Å². The van der Waals surface area contributed by atoms with Crippen molar-refractivity contribution in [2.75, 3.05) is 6.61 Å². The van der Waals surface area contributed by atoms with Crippen molar-refractivity contribution in [3.8, 4) is 0 Å².